The largest absolute Gasteiger partial charge is 0.336 e. The second-order valence-electron chi connectivity index (χ2n) is 5.72. The summed E-state index contributed by atoms with van der Waals surface area (Å²) in [6, 6.07) is 0. The summed E-state index contributed by atoms with van der Waals surface area (Å²) < 4.78 is 1.85. The molecular weight excluding hydrogens is 240 g/mol. The van der Waals surface area contributed by atoms with Crippen molar-refractivity contribution in [2.75, 3.05) is 33.2 Å². The van der Waals surface area contributed by atoms with Gasteiger partial charge in [-0.25, -0.2) is 0 Å². The SMILES string of the molecule is Cc1nn(C)c(C(C)C)c1C(=O)N1CCN(C)CC1. The van der Waals surface area contributed by atoms with E-state index in [1.165, 1.54) is 0 Å². The summed E-state index contributed by atoms with van der Waals surface area (Å²) >= 11 is 0. The molecule has 1 fully saturated rings. The maximum atomic E-state index is 12.7. The predicted molar refractivity (Wildman–Crippen MR) is 75.4 cm³/mol. The van der Waals surface area contributed by atoms with E-state index in [-0.39, 0.29) is 5.91 Å². The first-order chi connectivity index (χ1) is 8.91. The molecule has 1 aliphatic heterocycles. The quantitative estimate of drug-likeness (QED) is 0.807. The van der Waals surface area contributed by atoms with Gasteiger partial charge in [0.15, 0.2) is 0 Å². The van der Waals surface area contributed by atoms with E-state index in [1.807, 2.05) is 23.6 Å². The van der Waals surface area contributed by atoms with Gasteiger partial charge in [0.25, 0.3) is 5.91 Å². The molecule has 1 aromatic rings. The normalized spacial score (nSPS) is 17.3. The molecular formula is C14H24N4O. The van der Waals surface area contributed by atoms with Crippen molar-refractivity contribution in [3.05, 3.63) is 17.0 Å². The third-order valence-electron chi connectivity index (χ3n) is 3.82. The van der Waals surface area contributed by atoms with Crippen molar-refractivity contribution in [1.82, 2.24) is 19.6 Å². The molecule has 1 amide bonds. The number of likely N-dealkylation sites (N-methyl/N-ethyl adjacent to an activating group) is 1. The average molecular weight is 264 g/mol. The molecule has 0 aliphatic carbocycles. The lowest BCUT2D eigenvalue weighted by molar-refractivity contribution is 0.0661. The Balaban J connectivity index is 2.28. The second-order valence-corrected chi connectivity index (χ2v) is 5.72. The lowest BCUT2D eigenvalue weighted by Crippen LogP contribution is -2.47. The molecule has 1 aliphatic rings. The zero-order chi connectivity index (χ0) is 14.2. The van der Waals surface area contributed by atoms with Crippen molar-refractivity contribution < 1.29 is 4.79 Å². The van der Waals surface area contributed by atoms with Crippen LogP contribution in [0.1, 0.15) is 41.5 Å². The van der Waals surface area contributed by atoms with Crippen LogP contribution in [0.15, 0.2) is 0 Å². The van der Waals surface area contributed by atoms with E-state index in [9.17, 15) is 4.79 Å². The van der Waals surface area contributed by atoms with Gasteiger partial charge in [0, 0.05) is 33.2 Å². The molecule has 106 valence electrons. The smallest absolute Gasteiger partial charge is 0.257 e. The summed E-state index contributed by atoms with van der Waals surface area (Å²) in [6.07, 6.45) is 0. The van der Waals surface area contributed by atoms with Gasteiger partial charge in [-0.2, -0.15) is 5.10 Å². The van der Waals surface area contributed by atoms with Crippen molar-refractivity contribution >= 4 is 5.91 Å². The number of amides is 1. The number of nitrogens with zero attached hydrogens (tertiary/aromatic N) is 4. The zero-order valence-corrected chi connectivity index (χ0v) is 12.6. The number of carbonyl (C=O) groups excluding carboxylic acids is 1. The Morgan fingerprint density at radius 2 is 1.74 bits per heavy atom. The van der Waals surface area contributed by atoms with Crippen molar-refractivity contribution in [1.29, 1.82) is 0 Å². The molecule has 2 rings (SSSR count). The van der Waals surface area contributed by atoms with Gasteiger partial charge in [0.05, 0.1) is 17.0 Å². The number of hydrogen-bond acceptors (Lipinski definition) is 3. The van der Waals surface area contributed by atoms with Gasteiger partial charge in [0.2, 0.25) is 0 Å². The lowest BCUT2D eigenvalue weighted by atomic mass is 10.0. The third kappa shape index (κ3) is 2.66. The number of piperazine rings is 1. The van der Waals surface area contributed by atoms with E-state index in [0.717, 1.165) is 43.1 Å². The minimum Gasteiger partial charge on any atom is -0.336 e. The maximum Gasteiger partial charge on any atom is 0.257 e. The molecule has 0 spiro atoms. The standard InChI is InChI=1S/C14H24N4O/c1-10(2)13-12(11(3)15-17(13)5)14(19)18-8-6-16(4)7-9-18/h10H,6-9H2,1-5H3. The van der Waals surface area contributed by atoms with Gasteiger partial charge in [-0.15, -0.1) is 0 Å². The van der Waals surface area contributed by atoms with E-state index in [2.05, 4.69) is 30.9 Å². The Bertz CT molecular complexity index is 470. The summed E-state index contributed by atoms with van der Waals surface area (Å²) in [7, 11) is 4.01. The van der Waals surface area contributed by atoms with Gasteiger partial charge in [-0.1, -0.05) is 13.8 Å². The fraction of sp³-hybridized carbons (Fsp3) is 0.714. The van der Waals surface area contributed by atoms with Crippen LogP contribution in [-0.2, 0) is 7.05 Å². The van der Waals surface area contributed by atoms with Crippen LogP contribution in [0.25, 0.3) is 0 Å². The van der Waals surface area contributed by atoms with Crippen LogP contribution in [0, 0.1) is 6.92 Å². The summed E-state index contributed by atoms with van der Waals surface area (Å²) in [5.74, 6) is 0.444. The monoisotopic (exact) mass is 264 g/mol. The van der Waals surface area contributed by atoms with Crippen molar-refractivity contribution in [2.24, 2.45) is 7.05 Å². The number of carbonyl (C=O) groups is 1. The number of aromatic nitrogens is 2. The average Bonchev–Trinajstić information content (AvgIpc) is 2.64. The number of hydrogen-bond donors (Lipinski definition) is 0. The van der Waals surface area contributed by atoms with Crippen molar-refractivity contribution in [3.63, 3.8) is 0 Å². The minimum atomic E-state index is 0.141. The van der Waals surface area contributed by atoms with E-state index in [4.69, 9.17) is 0 Å². The van der Waals surface area contributed by atoms with Crippen LogP contribution < -0.4 is 0 Å². The van der Waals surface area contributed by atoms with Crippen LogP contribution in [0.3, 0.4) is 0 Å². The summed E-state index contributed by atoms with van der Waals surface area (Å²) in [6.45, 7) is 9.65. The van der Waals surface area contributed by atoms with Crippen LogP contribution in [0.4, 0.5) is 0 Å². The maximum absolute atomic E-state index is 12.7. The Morgan fingerprint density at radius 3 is 2.26 bits per heavy atom. The van der Waals surface area contributed by atoms with Crippen LogP contribution >= 0.6 is 0 Å². The molecule has 0 atom stereocenters. The Labute approximate surface area is 115 Å². The molecule has 0 bridgehead atoms. The first kappa shape index (κ1) is 14.1. The van der Waals surface area contributed by atoms with Crippen molar-refractivity contribution in [2.45, 2.75) is 26.7 Å². The molecule has 1 aromatic heterocycles. The van der Waals surface area contributed by atoms with Crippen LogP contribution in [-0.4, -0.2) is 58.7 Å². The molecule has 0 N–H and O–H groups in total. The van der Waals surface area contributed by atoms with Gasteiger partial charge >= 0.3 is 0 Å². The third-order valence-corrected chi connectivity index (χ3v) is 3.82. The van der Waals surface area contributed by atoms with E-state index in [1.54, 1.807) is 0 Å². The van der Waals surface area contributed by atoms with Gasteiger partial charge < -0.3 is 9.80 Å². The highest BCUT2D eigenvalue weighted by atomic mass is 16.2. The lowest BCUT2D eigenvalue weighted by Gasteiger charge is -2.32. The van der Waals surface area contributed by atoms with E-state index >= 15 is 0 Å². The molecule has 5 heteroatoms. The minimum absolute atomic E-state index is 0.141. The van der Waals surface area contributed by atoms with Crippen molar-refractivity contribution in [3.8, 4) is 0 Å². The molecule has 0 saturated carbocycles. The van der Waals surface area contributed by atoms with E-state index < -0.39 is 0 Å². The van der Waals surface area contributed by atoms with E-state index in [0.29, 0.717) is 5.92 Å². The summed E-state index contributed by atoms with van der Waals surface area (Å²) in [5, 5.41) is 4.42. The molecule has 0 radical (unpaired) electrons. The number of rotatable bonds is 2. The van der Waals surface area contributed by atoms with Gasteiger partial charge in [-0.05, 0) is 19.9 Å². The first-order valence-electron chi connectivity index (χ1n) is 6.93. The van der Waals surface area contributed by atoms with Crippen LogP contribution in [0.5, 0.6) is 0 Å². The topological polar surface area (TPSA) is 41.4 Å². The fourth-order valence-electron chi connectivity index (χ4n) is 2.77. The predicted octanol–water partition coefficient (Wildman–Crippen LogP) is 1.24. The molecule has 5 nitrogen and oxygen atoms in total. The number of aryl methyl sites for hydroxylation is 2. The highest BCUT2D eigenvalue weighted by molar-refractivity contribution is 5.96. The first-order valence-corrected chi connectivity index (χ1v) is 6.93. The van der Waals surface area contributed by atoms with Gasteiger partial charge in [-0.3, -0.25) is 9.48 Å². The highest BCUT2D eigenvalue weighted by Crippen LogP contribution is 2.23. The highest BCUT2D eigenvalue weighted by Gasteiger charge is 2.27. The summed E-state index contributed by atoms with van der Waals surface area (Å²) in [4.78, 5) is 16.9. The molecule has 0 aromatic carbocycles. The van der Waals surface area contributed by atoms with Crippen LogP contribution in [0.2, 0.25) is 0 Å². The molecule has 0 unspecified atom stereocenters. The molecule has 19 heavy (non-hydrogen) atoms. The Morgan fingerprint density at radius 1 is 1.16 bits per heavy atom. The Hall–Kier alpha value is -1.36. The second kappa shape index (κ2) is 5.33. The van der Waals surface area contributed by atoms with Gasteiger partial charge in [0.1, 0.15) is 0 Å². The summed E-state index contributed by atoms with van der Waals surface area (Å²) in [5.41, 5.74) is 2.69. The molecule has 2 heterocycles. The fourth-order valence-corrected chi connectivity index (χ4v) is 2.77. The Kier molecular flexibility index (Phi) is 3.94. The molecule has 1 saturated heterocycles. The zero-order valence-electron chi connectivity index (χ0n) is 12.6.